The van der Waals surface area contributed by atoms with Crippen molar-refractivity contribution in [3.05, 3.63) is 48.0 Å². The molecule has 1 atom stereocenters. The summed E-state index contributed by atoms with van der Waals surface area (Å²) in [6.07, 6.45) is -4.18. The number of benzene rings is 2. The fourth-order valence-corrected chi connectivity index (χ4v) is 3.88. The van der Waals surface area contributed by atoms with Gasteiger partial charge in [-0.1, -0.05) is 0 Å². The summed E-state index contributed by atoms with van der Waals surface area (Å²) >= 11 is 0. The number of carbonyl (C=O) groups is 1. The number of hydrogen-bond acceptors (Lipinski definition) is 6. The van der Waals surface area contributed by atoms with E-state index >= 15 is 0 Å². The molecule has 1 heterocycles. The lowest BCUT2D eigenvalue weighted by molar-refractivity contribution is -0.274. The number of hydrogen-bond donors (Lipinski definition) is 1. The highest BCUT2D eigenvalue weighted by atomic mass is 32.2. The molecule has 12 heteroatoms. The van der Waals surface area contributed by atoms with E-state index in [-0.39, 0.29) is 23.7 Å². The molecule has 1 unspecified atom stereocenters. The number of likely N-dealkylation sites (tertiary alicyclic amines) is 1. The minimum absolute atomic E-state index is 0.178. The summed E-state index contributed by atoms with van der Waals surface area (Å²) in [6, 6.07) is 8.39. The first-order valence-corrected chi connectivity index (χ1v) is 10.9. The van der Waals surface area contributed by atoms with E-state index in [1.807, 2.05) is 0 Å². The number of carbonyl (C=O) groups excluding carboxylic acids is 1. The van der Waals surface area contributed by atoms with Crippen molar-refractivity contribution in [2.75, 3.05) is 17.5 Å². The second-order valence-corrected chi connectivity index (χ2v) is 8.61. The van der Waals surface area contributed by atoms with E-state index in [9.17, 15) is 31.5 Å². The molecular formula is C19H18F3N2O6S-. The third-order valence-corrected chi connectivity index (χ3v) is 5.05. The normalized spacial score (nSPS) is 16.8. The van der Waals surface area contributed by atoms with Gasteiger partial charge in [-0.15, -0.1) is 13.2 Å². The number of nitrogens with zero attached hydrogens (tertiary/aromatic N) is 1. The minimum atomic E-state index is -4.82. The number of alkyl halides is 3. The van der Waals surface area contributed by atoms with Crippen LogP contribution >= 0.6 is 0 Å². The maximum atomic E-state index is 12.3. The van der Waals surface area contributed by atoms with Gasteiger partial charge in [-0.25, -0.2) is 8.42 Å². The SMILES string of the molecule is CS(=O)(=O)Nc1ccc(Oc2ccc(OC(F)(F)F)cc2)c(C2CCCN2C(=O)[O-])c1. The summed E-state index contributed by atoms with van der Waals surface area (Å²) in [5.41, 5.74) is 0.606. The van der Waals surface area contributed by atoms with Crippen molar-refractivity contribution in [3.63, 3.8) is 0 Å². The molecule has 2 aromatic rings. The molecule has 8 nitrogen and oxygen atoms in total. The highest BCUT2D eigenvalue weighted by molar-refractivity contribution is 7.92. The molecular weight excluding hydrogens is 441 g/mol. The van der Waals surface area contributed by atoms with E-state index in [4.69, 9.17) is 4.74 Å². The van der Waals surface area contributed by atoms with Gasteiger partial charge in [-0.05, 0) is 55.3 Å². The molecule has 0 aliphatic carbocycles. The second-order valence-electron chi connectivity index (χ2n) is 6.87. The Morgan fingerprint density at radius 2 is 1.81 bits per heavy atom. The molecule has 31 heavy (non-hydrogen) atoms. The molecule has 1 N–H and O–H groups in total. The monoisotopic (exact) mass is 459 g/mol. The van der Waals surface area contributed by atoms with Crippen molar-refractivity contribution in [1.29, 1.82) is 0 Å². The number of carboxylic acid groups (broad SMARTS) is 1. The quantitative estimate of drug-likeness (QED) is 0.711. The molecule has 3 rings (SSSR count). The zero-order chi connectivity index (χ0) is 22.8. The number of halogens is 3. The molecule has 1 aliphatic heterocycles. The highest BCUT2D eigenvalue weighted by Gasteiger charge is 2.31. The van der Waals surface area contributed by atoms with Gasteiger partial charge in [0, 0.05) is 17.8 Å². The van der Waals surface area contributed by atoms with Gasteiger partial charge in [0.1, 0.15) is 23.3 Å². The number of rotatable bonds is 6. The van der Waals surface area contributed by atoms with Gasteiger partial charge in [-0.2, -0.15) is 0 Å². The van der Waals surface area contributed by atoms with Crippen LogP contribution < -0.4 is 19.3 Å². The first kappa shape index (κ1) is 22.5. The summed E-state index contributed by atoms with van der Waals surface area (Å²) in [7, 11) is -3.58. The Labute approximate surface area is 176 Å². The summed E-state index contributed by atoms with van der Waals surface area (Å²) in [5.74, 6) is -0.0222. The molecule has 1 amide bonds. The molecule has 2 aromatic carbocycles. The van der Waals surface area contributed by atoms with Crippen molar-refractivity contribution in [3.8, 4) is 17.2 Å². The topological polar surface area (TPSA) is 108 Å². The second kappa shape index (κ2) is 8.53. The maximum Gasteiger partial charge on any atom is 0.573 e. The minimum Gasteiger partial charge on any atom is -0.530 e. The molecule has 1 aliphatic rings. The highest BCUT2D eigenvalue weighted by Crippen LogP contribution is 2.40. The van der Waals surface area contributed by atoms with E-state index in [1.165, 1.54) is 30.3 Å². The third-order valence-electron chi connectivity index (χ3n) is 4.44. The summed E-state index contributed by atoms with van der Waals surface area (Å²) in [4.78, 5) is 12.6. The van der Waals surface area contributed by atoms with Crippen LogP contribution in [0.2, 0.25) is 0 Å². The number of anilines is 1. The molecule has 1 saturated heterocycles. The molecule has 0 bridgehead atoms. The lowest BCUT2D eigenvalue weighted by Crippen LogP contribution is -2.40. The van der Waals surface area contributed by atoms with Gasteiger partial charge in [0.15, 0.2) is 0 Å². The average Bonchev–Trinajstić information content (AvgIpc) is 3.12. The standard InChI is InChI=1S/C19H19F3N2O6S/c1-31(27,28)23-12-4-9-17(15(11-12)16-3-2-10-24(16)18(25)26)29-13-5-7-14(8-6-13)30-19(20,21)22/h4-9,11,16,23H,2-3,10H2,1H3,(H,25,26)/p-1. The van der Waals surface area contributed by atoms with Crippen molar-refractivity contribution >= 4 is 21.8 Å². The van der Waals surface area contributed by atoms with Gasteiger partial charge in [0.25, 0.3) is 0 Å². The Morgan fingerprint density at radius 1 is 1.16 bits per heavy atom. The van der Waals surface area contributed by atoms with Crippen LogP contribution in [0.15, 0.2) is 42.5 Å². The predicted octanol–water partition coefficient (Wildman–Crippen LogP) is 3.23. The van der Waals surface area contributed by atoms with Gasteiger partial charge in [0.2, 0.25) is 10.0 Å². The Hall–Kier alpha value is -3.15. The Kier molecular flexibility index (Phi) is 6.20. The predicted molar refractivity (Wildman–Crippen MR) is 102 cm³/mol. The van der Waals surface area contributed by atoms with E-state index in [2.05, 4.69) is 9.46 Å². The lowest BCUT2D eigenvalue weighted by atomic mass is 10.0. The lowest BCUT2D eigenvalue weighted by Gasteiger charge is -2.29. The summed E-state index contributed by atoms with van der Waals surface area (Å²) in [5, 5.41) is 11.5. The maximum absolute atomic E-state index is 12.3. The zero-order valence-electron chi connectivity index (χ0n) is 16.2. The van der Waals surface area contributed by atoms with Crippen molar-refractivity contribution in [2.24, 2.45) is 0 Å². The molecule has 0 saturated carbocycles. The third kappa shape index (κ3) is 6.17. The van der Waals surface area contributed by atoms with Crippen LogP contribution in [0.4, 0.5) is 23.7 Å². The Bertz CT molecular complexity index is 1060. The number of sulfonamides is 1. The van der Waals surface area contributed by atoms with Crippen LogP contribution in [0, 0.1) is 0 Å². The molecule has 0 aromatic heterocycles. The van der Waals surface area contributed by atoms with Crippen LogP contribution in [0.1, 0.15) is 24.4 Å². The largest absolute Gasteiger partial charge is 0.573 e. The van der Waals surface area contributed by atoms with E-state index < -0.39 is 34.3 Å². The molecule has 1 fully saturated rings. The van der Waals surface area contributed by atoms with Crippen LogP contribution in [-0.2, 0) is 10.0 Å². The van der Waals surface area contributed by atoms with E-state index in [0.717, 1.165) is 23.3 Å². The molecule has 168 valence electrons. The summed E-state index contributed by atoms with van der Waals surface area (Å²) in [6.45, 7) is 0.250. The van der Waals surface area contributed by atoms with Gasteiger partial charge < -0.3 is 24.3 Å². The van der Waals surface area contributed by atoms with E-state index in [0.29, 0.717) is 18.4 Å². The Balaban J connectivity index is 1.92. The van der Waals surface area contributed by atoms with Gasteiger partial charge in [-0.3, -0.25) is 4.72 Å². The average molecular weight is 459 g/mol. The fraction of sp³-hybridized carbons (Fsp3) is 0.316. The van der Waals surface area contributed by atoms with Crippen LogP contribution in [-0.4, -0.2) is 38.6 Å². The van der Waals surface area contributed by atoms with Crippen molar-refractivity contribution in [2.45, 2.75) is 25.2 Å². The Morgan fingerprint density at radius 3 is 2.39 bits per heavy atom. The van der Waals surface area contributed by atoms with Crippen LogP contribution in [0.25, 0.3) is 0 Å². The summed E-state index contributed by atoms with van der Waals surface area (Å²) < 4.78 is 72.0. The van der Waals surface area contributed by atoms with Crippen LogP contribution in [0.5, 0.6) is 17.2 Å². The van der Waals surface area contributed by atoms with Crippen molar-refractivity contribution in [1.82, 2.24) is 4.90 Å². The zero-order valence-corrected chi connectivity index (χ0v) is 17.0. The first-order chi connectivity index (χ1) is 14.4. The number of nitrogens with one attached hydrogen (secondary N) is 1. The fourth-order valence-electron chi connectivity index (χ4n) is 3.32. The van der Waals surface area contributed by atoms with Crippen LogP contribution in [0.3, 0.4) is 0 Å². The van der Waals surface area contributed by atoms with Gasteiger partial charge >= 0.3 is 6.36 Å². The molecule has 0 spiro atoms. The van der Waals surface area contributed by atoms with E-state index in [1.54, 1.807) is 0 Å². The smallest absolute Gasteiger partial charge is 0.530 e. The molecule has 0 radical (unpaired) electrons. The van der Waals surface area contributed by atoms with Crippen molar-refractivity contribution < 1.29 is 41.0 Å². The van der Waals surface area contributed by atoms with Gasteiger partial charge in [0.05, 0.1) is 12.3 Å². The first-order valence-electron chi connectivity index (χ1n) is 9.04. The number of amides is 1. The number of ether oxygens (including phenoxy) is 2.